The molecule has 0 radical (unpaired) electrons. The first-order valence-electron chi connectivity index (χ1n) is 7.51. The predicted molar refractivity (Wildman–Crippen MR) is 83.0 cm³/mol. The van der Waals surface area contributed by atoms with Crippen molar-refractivity contribution < 1.29 is 4.74 Å². The molecule has 0 fully saturated rings. The Morgan fingerprint density at radius 3 is 2.65 bits per heavy atom. The predicted octanol–water partition coefficient (Wildman–Crippen LogP) is 2.23. The molecule has 0 saturated heterocycles. The zero-order valence-electron chi connectivity index (χ0n) is 13.2. The van der Waals surface area contributed by atoms with Gasteiger partial charge in [0.2, 0.25) is 0 Å². The van der Waals surface area contributed by atoms with E-state index in [9.17, 15) is 0 Å². The van der Waals surface area contributed by atoms with Crippen LogP contribution in [0.25, 0.3) is 0 Å². The monoisotopic (exact) mass is 280 g/mol. The third-order valence-electron chi connectivity index (χ3n) is 3.39. The number of methoxy groups -OCH3 is 1. The first-order chi connectivity index (χ1) is 9.72. The molecule has 0 amide bonds. The Bertz CT molecular complexity index is 355. The quantitative estimate of drug-likeness (QED) is 0.666. The summed E-state index contributed by atoms with van der Waals surface area (Å²) in [6.45, 7) is 9.87. The molecule has 5 heteroatoms. The van der Waals surface area contributed by atoms with Gasteiger partial charge in [-0.25, -0.2) is 0 Å². The minimum absolute atomic E-state index is 0.434. The van der Waals surface area contributed by atoms with Crippen LogP contribution in [0, 0.1) is 0 Å². The van der Waals surface area contributed by atoms with Crippen molar-refractivity contribution in [3.05, 3.63) is 17.8 Å². The highest BCUT2D eigenvalue weighted by molar-refractivity contribution is 5.38. The van der Waals surface area contributed by atoms with Crippen molar-refractivity contribution in [1.82, 2.24) is 15.5 Å². The largest absolute Gasteiger partial charge is 0.383 e. The zero-order chi connectivity index (χ0) is 14.8. The van der Waals surface area contributed by atoms with Crippen LogP contribution in [0.1, 0.15) is 39.3 Å². The van der Waals surface area contributed by atoms with E-state index in [1.165, 1.54) is 0 Å². The lowest BCUT2D eigenvalue weighted by molar-refractivity contribution is 0.203. The van der Waals surface area contributed by atoms with E-state index in [1.54, 1.807) is 7.11 Å². The third kappa shape index (κ3) is 5.43. The van der Waals surface area contributed by atoms with Crippen LogP contribution in [-0.2, 0) is 11.3 Å². The fourth-order valence-corrected chi connectivity index (χ4v) is 1.96. The first kappa shape index (κ1) is 16.9. The van der Waals surface area contributed by atoms with Crippen molar-refractivity contribution in [1.29, 1.82) is 0 Å². The Morgan fingerprint density at radius 1 is 1.30 bits per heavy atom. The second-order valence-electron chi connectivity index (χ2n) is 5.00. The minimum atomic E-state index is 0.434. The molecule has 5 nitrogen and oxygen atoms in total. The maximum atomic E-state index is 5.18. The smallest absolute Gasteiger partial charge is 0.151 e. The summed E-state index contributed by atoms with van der Waals surface area (Å²) in [5, 5.41) is 12.0. The summed E-state index contributed by atoms with van der Waals surface area (Å²) < 4.78 is 5.18. The number of aromatic nitrogens is 2. The number of anilines is 1. The molecule has 1 aromatic heterocycles. The maximum absolute atomic E-state index is 5.18. The molecule has 1 rings (SSSR count). The van der Waals surface area contributed by atoms with Crippen LogP contribution >= 0.6 is 0 Å². The summed E-state index contributed by atoms with van der Waals surface area (Å²) in [6.07, 6.45) is 2.20. The van der Waals surface area contributed by atoms with Gasteiger partial charge in [-0.15, -0.1) is 5.10 Å². The fraction of sp³-hybridized carbons (Fsp3) is 0.733. The number of hydrogen-bond donors (Lipinski definition) is 1. The fourth-order valence-electron chi connectivity index (χ4n) is 1.96. The summed E-state index contributed by atoms with van der Waals surface area (Å²) in [5.41, 5.74) is 0.984. The van der Waals surface area contributed by atoms with E-state index in [0.29, 0.717) is 12.6 Å². The van der Waals surface area contributed by atoms with Gasteiger partial charge in [-0.05, 0) is 38.4 Å². The highest BCUT2D eigenvalue weighted by Crippen LogP contribution is 2.15. The molecule has 0 aliphatic rings. The van der Waals surface area contributed by atoms with E-state index in [1.807, 2.05) is 6.07 Å². The van der Waals surface area contributed by atoms with Crippen molar-refractivity contribution in [2.45, 2.75) is 46.2 Å². The van der Waals surface area contributed by atoms with E-state index < -0.39 is 0 Å². The van der Waals surface area contributed by atoms with Gasteiger partial charge in [-0.1, -0.05) is 13.8 Å². The second kappa shape index (κ2) is 9.66. The van der Waals surface area contributed by atoms with Crippen LogP contribution in [0.5, 0.6) is 0 Å². The van der Waals surface area contributed by atoms with Crippen molar-refractivity contribution >= 4 is 5.82 Å². The van der Waals surface area contributed by atoms with Crippen molar-refractivity contribution in [3.8, 4) is 0 Å². The number of rotatable bonds is 10. The molecular weight excluding hydrogens is 252 g/mol. The van der Waals surface area contributed by atoms with Gasteiger partial charge in [0.1, 0.15) is 0 Å². The Morgan fingerprint density at radius 2 is 2.10 bits per heavy atom. The van der Waals surface area contributed by atoms with Crippen LogP contribution < -0.4 is 10.2 Å². The van der Waals surface area contributed by atoms with E-state index in [4.69, 9.17) is 4.74 Å². The Labute approximate surface area is 122 Å². The zero-order valence-corrected chi connectivity index (χ0v) is 13.2. The van der Waals surface area contributed by atoms with Gasteiger partial charge < -0.3 is 15.0 Å². The van der Waals surface area contributed by atoms with Crippen molar-refractivity contribution in [2.75, 3.05) is 31.7 Å². The summed E-state index contributed by atoms with van der Waals surface area (Å²) in [6, 6.07) is 4.54. The summed E-state index contributed by atoms with van der Waals surface area (Å²) in [5.74, 6) is 0.927. The molecule has 114 valence electrons. The molecule has 1 aromatic rings. The van der Waals surface area contributed by atoms with Crippen LogP contribution in [0.4, 0.5) is 5.82 Å². The summed E-state index contributed by atoms with van der Waals surface area (Å²) in [7, 11) is 1.73. The van der Waals surface area contributed by atoms with Gasteiger partial charge in [0.15, 0.2) is 5.82 Å². The lowest BCUT2D eigenvalue weighted by Crippen LogP contribution is -2.36. The van der Waals surface area contributed by atoms with Gasteiger partial charge in [0, 0.05) is 26.2 Å². The second-order valence-corrected chi connectivity index (χ2v) is 5.00. The summed E-state index contributed by atoms with van der Waals surface area (Å²) in [4.78, 5) is 2.25. The molecule has 1 heterocycles. The molecule has 1 N–H and O–H groups in total. The normalized spacial score (nSPS) is 12.4. The number of nitrogens with one attached hydrogen (secondary N) is 1. The van der Waals surface area contributed by atoms with Crippen molar-refractivity contribution in [2.24, 2.45) is 0 Å². The van der Waals surface area contributed by atoms with E-state index in [0.717, 1.165) is 44.0 Å². The van der Waals surface area contributed by atoms with Gasteiger partial charge in [-0.2, -0.15) is 5.10 Å². The average Bonchev–Trinajstić information content (AvgIpc) is 2.49. The Balaban J connectivity index is 2.66. The lowest BCUT2D eigenvalue weighted by Gasteiger charge is -2.29. The molecule has 20 heavy (non-hydrogen) atoms. The number of nitrogens with zero attached hydrogens (tertiary/aromatic N) is 3. The van der Waals surface area contributed by atoms with Crippen LogP contribution in [0.15, 0.2) is 12.1 Å². The third-order valence-corrected chi connectivity index (χ3v) is 3.39. The van der Waals surface area contributed by atoms with Crippen LogP contribution in [-0.4, -0.2) is 43.0 Å². The lowest BCUT2D eigenvalue weighted by atomic mass is 10.2. The molecule has 0 spiro atoms. The average molecular weight is 280 g/mol. The van der Waals surface area contributed by atoms with Crippen molar-refractivity contribution in [3.63, 3.8) is 0 Å². The van der Waals surface area contributed by atoms with Gasteiger partial charge >= 0.3 is 0 Å². The molecule has 1 atom stereocenters. The number of hydrogen-bond acceptors (Lipinski definition) is 5. The van der Waals surface area contributed by atoms with E-state index >= 15 is 0 Å². The maximum Gasteiger partial charge on any atom is 0.151 e. The highest BCUT2D eigenvalue weighted by Gasteiger charge is 2.14. The topological polar surface area (TPSA) is 50.3 Å². The number of ether oxygens (including phenoxy) is 1. The van der Waals surface area contributed by atoms with Gasteiger partial charge in [-0.3, -0.25) is 0 Å². The van der Waals surface area contributed by atoms with Gasteiger partial charge in [0.25, 0.3) is 0 Å². The minimum Gasteiger partial charge on any atom is -0.383 e. The van der Waals surface area contributed by atoms with Gasteiger partial charge in [0.05, 0.1) is 12.3 Å². The highest BCUT2D eigenvalue weighted by atomic mass is 16.5. The molecule has 0 bridgehead atoms. The van der Waals surface area contributed by atoms with Crippen LogP contribution in [0.3, 0.4) is 0 Å². The van der Waals surface area contributed by atoms with E-state index in [-0.39, 0.29) is 0 Å². The Kier molecular flexibility index (Phi) is 8.14. The SMILES string of the molecule is CCCNCc1ccc(N(CCOC)C(C)CC)nn1. The molecule has 0 aliphatic carbocycles. The standard InChI is InChI=1S/C15H28N4O/c1-5-9-16-12-14-7-8-15(18-17-14)19(10-11-20-4)13(3)6-2/h7-8,13,16H,5-6,9-12H2,1-4H3. The van der Waals surface area contributed by atoms with Crippen LogP contribution in [0.2, 0.25) is 0 Å². The molecule has 0 saturated carbocycles. The molecular formula is C15H28N4O. The molecule has 0 aromatic carbocycles. The molecule has 0 aliphatic heterocycles. The molecule has 1 unspecified atom stereocenters. The first-order valence-corrected chi connectivity index (χ1v) is 7.51. The van der Waals surface area contributed by atoms with E-state index in [2.05, 4.69) is 47.3 Å². The summed E-state index contributed by atoms with van der Waals surface area (Å²) >= 11 is 0. The Hall–Kier alpha value is -1.20.